The molecule has 3 heterocycles. The maximum absolute atomic E-state index is 11.9. The van der Waals surface area contributed by atoms with E-state index < -0.39 is 10.0 Å². The Hall–Kier alpha value is -3.81. The molecule has 4 aromatic rings. The van der Waals surface area contributed by atoms with Crippen molar-refractivity contribution in [2.75, 3.05) is 24.7 Å². The van der Waals surface area contributed by atoms with E-state index >= 15 is 0 Å². The van der Waals surface area contributed by atoms with Crippen LogP contribution in [-0.4, -0.2) is 53.1 Å². The van der Waals surface area contributed by atoms with Crippen molar-refractivity contribution in [3.8, 4) is 11.9 Å². The summed E-state index contributed by atoms with van der Waals surface area (Å²) in [7, 11) is -3.21. The van der Waals surface area contributed by atoms with Crippen LogP contribution >= 0.6 is 0 Å². The van der Waals surface area contributed by atoms with Crippen molar-refractivity contribution in [1.82, 2.24) is 19.3 Å². The topological polar surface area (TPSA) is 121 Å². The Kier molecular flexibility index (Phi) is 6.43. The van der Waals surface area contributed by atoms with E-state index in [0.717, 1.165) is 21.8 Å². The average molecular weight is 503 g/mol. The fraction of sp³-hybridized carbons (Fsp3) is 0.308. The molecule has 0 amide bonds. The Morgan fingerprint density at radius 1 is 1.06 bits per heavy atom. The molecule has 2 aromatic heterocycles. The Labute approximate surface area is 209 Å². The van der Waals surface area contributed by atoms with Gasteiger partial charge in [0.1, 0.15) is 12.2 Å². The minimum atomic E-state index is -3.21. The molecule has 0 saturated carbocycles. The number of anilines is 1. The standard InChI is InChI=1S/C26H26N6O3S/c1-17(29-24-18(15-27)16-28-22-9-5-3-7-20(22)24)25-30-23-10-6-4-8-21(23)26(31-25)35-19-11-13-32(14-12-19)36(2,33)34/h3-10,16-17,19H,11-14H2,1-2H3,(H,28,29)/t17-/m0/s1. The number of benzene rings is 2. The number of fused-ring (bicyclic) bond motifs is 2. The van der Waals surface area contributed by atoms with Crippen LogP contribution in [0.4, 0.5) is 5.69 Å². The minimum Gasteiger partial charge on any atom is -0.474 e. The molecule has 10 heteroatoms. The molecule has 1 aliphatic heterocycles. The number of nitrogens with one attached hydrogen (secondary N) is 1. The van der Waals surface area contributed by atoms with Crippen molar-refractivity contribution in [3.05, 3.63) is 66.1 Å². The number of aromatic nitrogens is 3. The zero-order chi connectivity index (χ0) is 25.3. The van der Waals surface area contributed by atoms with Gasteiger partial charge in [0, 0.05) is 24.7 Å². The monoisotopic (exact) mass is 502 g/mol. The Morgan fingerprint density at radius 3 is 2.42 bits per heavy atom. The van der Waals surface area contributed by atoms with E-state index in [1.807, 2.05) is 55.5 Å². The highest BCUT2D eigenvalue weighted by atomic mass is 32.2. The van der Waals surface area contributed by atoms with Crippen LogP contribution in [0.2, 0.25) is 0 Å². The highest BCUT2D eigenvalue weighted by Crippen LogP contribution is 2.31. The molecule has 36 heavy (non-hydrogen) atoms. The molecule has 0 bridgehead atoms. The fourth-order valence-electron chi connectivity index (χ4n) is 4.45. The molecular formula is C26H26N6O3S. The van der Waals surface area contributed by atoms with Gasteiger partial charge < -0.3 is 10.1 Å². The van der Waals surface area contributed by atoms with Crippen LogP contribution < -0.4 is 10.1 Å². The first-order valence-corrected chi connectivity index (χ1v) is 13.6. The van der Waals surface area contributed by atoms with Gasteiger partial charge in [-0.05, 0) is 38.0 Å². The Morgan fingerprint density at radius 2 is 1.72 bits per heavy atom. The third kappa shape index (κ3) is 4.80. The maximum atomic E-state index is 11.9. The van der Waals surface area contributed by atoms with Gasteiger partial charge in [-0.2, -0.15) is 10.2 Å². The van der Waals surface area contributed by atoms with Gasteiger partial charge in [0.05, 0.1) is 40.0 Å². The summed E-state index contributed by atoms with van der Waals surface area (Å²) in [4.78, 5) is 13.9. The number of nitrogens with zero attached hydrogens (tertiary/aromatic N) is 5. The third-order valence-electron chi connectivity index (χ3n) is 6.38. The number of hydrogen-bond donors (Lipinski definition) is 1. The number of piperidine rings is 1. The molecule has 1 atom stereocenters. The molecule has 0 unspecified atom stereocenters. The predicted octanol–water partition coefficient (Wildman–Crippen LogP) is 4.03. The Bertz CT molecular complexity index is 1580. The molecule has 2 aromatic carbocycles. The van der Waals surface area contributed by atoms with Gasteiger partial charge in [0.15, 0.2) is 5.82 Å². The summed E-state index contributed by atoms with van der Waals surface area (Å²) >= 11 is 0. The van der Waals surface area contributed by atoms with Crippen molar-refractivity contribution in [3.63, 3.8) is 0 Å². The zero-order valence-corrected chi connectivity index (χ0v) is 20.9. The predicted molar refractivity (Wildman–Crippen MR) is 138 cm³/mol. The quantitative estimate of drug-likeness (QED) is 0.420. The van der Waals surface area contributed by atoms with Crippen LogP contribution in [0.25, 0.3) is 21.8 Å². The second kappa shape index (κ2) is 9.68. The molecule has 0 spiro atoms. The first kappa shape index (κ1) is 23.9. The van der Waals surface area contributed by atoms with E-state index in [1.165, 1.54) is 10.6 Å². The lowest BCUT2D eigenvalue weighted by Crippen LogP contribution is -2.41. The molecule has 1 fully saturated rings. The number of sulfonamides is 1. The number of ether oxygens (including phenoxy) is 1. The van der Waals surface area contributed by atoms with Gasteiger partial charge in [-0.25, -0.2) is 17.7 Å². The molecule has 1 aliphatic rings. The van der Waals surface area contributed by atoms with Crippen molar-refractivity contribution in [1.29, 1.82) is 5.26 Å². The number of pyridine rings is 1. The van der Waals surface area contributed by atoms with E-state index in [9.17, 15) is 13.7 Å². The summed E-state index contributed by atoms with van der Waals surface area (Å²) in [5.74, 6) is 1.00. The second-order valence-corrected chi connectivity index (χ2v) is 10.9. The van der Waals surface area contributed by atoms with Gasteiger partial charge in [0.25, 0.3) is 0 Å². The lowest BCUT2D eigenvalue weighted by molar-refractivity contribution is 0.131. The number of nitriles is 1. The van der Waals surface area contributed by atoms with Crippen LogP contribution in [0, 0.1) is 11.3 Å². The lowest BCUT2D eigenvalue weighted by atomic mass is 10.1. The highest BCUT2D eigenvalue weighted by Gasteiger charge is 2.27. The molecule has 0 aliphatic carbocycles. The van der Waals surface area contributed by atoms with Gasteiger partial charge in [-0.1, -0.05) is 30.3 Å². The summed E-state index contributed by atoms with van der Waals surface area (Å²) < 4.78 is 31.5. The smallest absolute Gasteiger partial charge is 0.225 e. The summed E-state index contributed by atoms with van der Waals surface area (Å²) in [6, 6.07) is 17.2. The summed E-state index contributed by atoms with van der Waals surface area (Å²) in [5, 5.41) is 14.7. The first-order chi connectivity index (χ1) is 17.3. The largest absolute Gasteiger partial charge is 0.474 e. The van der Waals surface area contributed by atoms with Gasteiger partial charge in [-0.15, -0.1) is 0 Å². The molecule has 9 nitrogen and oxygen atoms in total. The van der Waals surface area contributed by atoms with E-state index in [-0.39, 0.29) is 12.1 Å². The van der Waals surface area contributed by atoms with Crippen LogP contribution in [0.3, 0.4) is 0 Å². The summed E-state index contributed by atoms with van der Waals surface area (Å²) in [6.07, 6.45) is 3.82. The second-order valence-electron chi connectivity index (χ2n) is 8.93. The van der Waals surface area contributed by atoms with E-state index in [0.29, 0.717) is 48.9 Å². The maximum Gasteiger partial charge on any atom is 0.225 e. The summed E-state index contributed by atoms with van der Waals surface area (Å²) in [5.41, 5.74) is 2.66. The molecule has 5 rings (SSSR count). The lowest BCUT2D eigenvalue weighted by Gasteiger charge is -2.30. The first-order valence-electron chi connectivity index (χ1n) is 11.8. The molecule has 0 radical (unpaired) electrons. The van der Waals surface area contributed by atoms with Gasteiger partial charge in [-0.3, -0.25) is 4.98 Å². The third-order valence-corrected chi connectivity index (χ3v) is 7.68. The van der Waals surface area contributed by atoms with E-state index in [1.54, 1.807) is 6.20 Å². The van der Waals surface area contributed by atoms with Gasteiger partial charge >= 0.3 is 0 Å². The normalized spacial score (nSPS) is 16.0. The highest BCUT2D eigenvalue weighted by molar-refractivity contribution is 7.88. The number of hydrogen-bond acceptors (Lipinski definition) is 8. The SMILES string of the molecule is C[C@H](Nc1c(C#N)cnc2ccccc12)c1nc(OC2CCN(S(C)(=O)=O)CC2)c2ccccc2n1. The fourth-order valence-corrected chi connectivity index (χ4v) is 5.32. The molecule has 1 N–H and O–H groups in total. The minimum absolute atomic E-state index is 0.147. The number of para-hydroxylation sites is 2. The van der Waals surface area contributed by atoms with Crippen LogP contribution in [0.15, 0.2) is 54.7 Å². The summed E-state index contributed by atoms with van der Waals surface area (Å²) in [6.45, 7) is 2.78. The molecular weight excluding hydrogens is 476 g/mol. The zero-order valence-electron chi connectivity index (χ0n) is 20.0. The van der Waals surface area contributed by atoms with Crippen molar-refractivity contribution < 1.29 is 13.2 Å². The van der Waals surface area contributed by atoms with Crippen LogP contribution in [0.5, 0.6) is 5.88 Å². The molecule has 184 valence electrons. The molecule has 1 saturated heterocycles. The van der Waals surface area contributed by atoms with Crippen LogP contribution in [-0.2, 0) is 10.0 Å². The number of rotatable bonds is 6. The Balaban J connectivity index is 1.45. The van der Waals surface area contributed by atoms with Crippen molar-refractivity contribution in [2.24, 2.45) is 0 Å². The van der Waals surface area contributed by atoms with Crippen molar-refractivity contribution in [2.45, 2.75) is 31.9 Å². The average Bonchev–Trinajstić information content (AvgIpc) is 2.88. The van der Waals surface area contributed by atoms with E-state index in [4.69, 9.17) is 14.7 Å². The van der Waals surface area contributed by atoms with E-state index in [2.05, 4.69) is 16.4 Å². The van der Waals surface area contributed by atoms with Crippen molar-refractivity contribution >= 4 is 37.5 Å². The van der Waals surface area contributed by atoms with Gasteiger partial charge in [0.2, 0.25) is 15.9 Å². The van der Waals surface area contributed by atoms with Crippen LogP contribution in [0.1, 0.15) is 37.2 Å².